The van der Waals surface area contributed by atoms with Crippen LogP contribution in [0.1, 0.15) is 33.3 Å². The van der Waals surface area contributed by atoms with Crippen molar-refractivity contribution in [3.63, 3.8) is 0 Å². The number of amides is 1. The molecule has 27 heavy (non-hydrogen) atoms. The van der Waals surface area contributed by atoms with Crippen molar-refractivity contribution in [1.82, 2.24) is 4.90 Å². The Balaban J connectivity index is 2.63. The number of allylic oxidation sites excluding steroid dienone is 2. The van der Waals surface area contributed by atoms with Gasteiger partial charge in [-0.3, -0.25) is 4.79 Å². The number of carbonyl (C=O) groups excluding carboxylic acids is 1. The van der Waals surface area contributed by atoms with E-state index in [2.05, 4.69) is 6.58 Å². The summed E-state index contributed by atoms with van der Waals surface area (Å²) in [4.78, 5) is 14.7. The lowest BCUT2D eigenvalue weighted by Crippen LogP contribution is -2.42. The molecule has 0 fully saturated rings. The van der Waals surface area contributed by atoms with Gasteiger partial charge in [0, 0.05) is 23.2 Å². The predicted molar refractivity (Wildman–Crippen MR) is 104 cm³/mol. The predicted octanol–water partition coefficient (Wildman–Crippen LogP) is 5.99. The molecule has 0 unspecified atom stereocenters. The molecule has 2 nitrogen and oxygen atoms in total. The average molecular weight is 375 g/mol. The van der Waals surface area contributed by atoms with Gasteiger partial charge in [0.1, 0.15) is 0 Å². The zero-order valence-corrected chi connectivity index (χ0v) is 16.0. The Hall–Kier alpha value is -2.56. The smallest absolute Gasteiger partial charge is 0.334 e. The van der Waals surface area contributed by atoms with Crippen molar-refractivity contribution < 1.29 is 18.0 Å². The third-order valence-electron chi connectivity index (χ3n) is 4.32. The first kappa shape index (κ1) is 20.7. The summed E-state index contributed by atoms with van der Waals surface area (Å²) in [5.41, 5.74) is -0.618. The van der Waals surface area contributed by atoms with Crippen LogP contribution in [0, 0.1) is 0 Å². The van der Waals surface area contributed by atoms with Crippen molar-refractivity contribution in [2.45, 2.75) is 46.0 Å². The number of alkyl halides is 3. The number of fused-ring (bicyclic) bond motifs is 1. The van der Waals surface area contributed by atoms with Crippen molar-refractivity contribution in [1.29, 1.82) is 0 Å². The van der Waals surface area contributed by atoms with Crippen LogP contribution in [0.4, 0.5) is 13.2 Å². The Bertz CT molecular complexity index is 871. The lowest BCUT2D eigenvalue weighted by molar-refractivity contribution is -0.128. The van der Waals surface area contributed by atoms with Gasteiger partial charge in [-0.05, 0) is 56.2 Å². The van der Waals surface area contributed by atoms with Gasteiger partial charge in [0.05, 0.1) is 0 Å². The Labute approximate surface area is 158 Å². The largest absolute Gasteiger partial charge is 0.415 e. The van der Waals surface area contributed by atoms with Gasteiger partial charge in [0.25, 0.3) is 5.91 Å². The lowest BCUT2D eigenvalue weighted by Gasteiger charge is -2.32. The van der Waals surface area contributed by atoms with Crippen LogP contribution in [-0.2, 0) is 4.79 Å². The van der Waals surface area contributed by atoms with E-state index >= 15 is 0 Å². The fourth-order valence-corrected chi connectivity index (χ4v) is 3.09. The number of halogens is 3. The van der Waals surface area contributed by atoms with E-state index in [1.54, 1.807) is 23.1 Å². The molecule has 0 aliphatic rings. The van der Waals surface area contributed by atoms with E-state index in [9.17, 15) is 18.0 Å². The summed E-state index contributed by atoms with van der Waals surface area (Å²) in [7, 11) is 0. The van der Waals surface area contributed by atoms with Crippen molar-refractivity contribution >= 4 is 22.3 Å². The van der Waals surface area contributed by atoms with Crippen LogP contribution in [0.5, 0.6) is 0 Å². The van der Waals surface area contributed by atoms with E-state index in [1.807, 2.05) is 52.0 Å². The van der Waals surface area contributed by atoms with Crippen LogP contribution in [0.15, 0.2) is 60.7 Å². The van der Waals surface area contributed by atoms with Gasteiger partial charge in [-0.1, -0.05) is 43.0 Å². The standard InChI is InChI=1S/C22H24F3NO/c1-14(2)26(15(3)4)21(27)20(12-16(5)22(23,24)25)19-11-10-17-8-6-7-9-18(17)13-19/h6-15H,5H2,1-4H3/b20-12+. The zero-order valence-electron chi connectivity index (χ0n) is 16.0. The Morgan fingerprint density at radius 3 is 2.07 bits per heavy atom. The second-order valence-electron chi connectivity index (χ2n) is 7.04. The topological polar surface area (TPSA) is 20.3 Å². The molecule has 2 rings (SSSR count). The van der Waals surface area contributed by atoms with Gasteiger partial charge in [-0.15, -0.1) is 0 Å². The molecular formula is C22H24F3NO. The normalized spacial score (nSPS) is 12.7. The van der Waals surface area contributed by atoms with Crippen LogP contribution in [0.3, 0.4) is 0 Å². The molecule has 0 saturated carbocycles. The number of carbonyl (C=O) groups is 1. The molecule has 5 heteroatoms. The Morgan fingerprint density at radius 2 is 1.56 bits per heavy atom. The van der Waals surface area contributed by atoms with Crippen molar-refractivity contribution in [2.75, 3.05) is 0 Å². The highest BCUT2D eigenvalue weighted by atomic mass is 19.4. The Morgan fingerprint density at radius 1 is 1.00 bits per heavy atom. The molecule has 0 atom stereocenters. The highest BCUT2D eigenvalue weighted by Gasteiger charge is 2.32. The molecule has 0 saturated heterocycles. The molecule has 2 aromatic carbocycles. The van der Waals surface area contributed by atoms with E-state index in [0.29, 0.717) is 5.56 Å². The second-order valence-corrected chi connectivity index (χ2v) is 7.04. The summed E-state index contributed by atoms with van der Waals surface area (Å²) in [6.07, 6.45) is -3.74. The van der Waals surface area contributed by atoms with Crippen molar-refractivity contribution in [3.05, 3.63) is 66.3 Å². The minimum atomic E-state index is -4.59. The van der Waals surface area contributed by atoms with E-state index in [0.717, 1.165) is 16.8 Å². The van der Waals surface area contributed by atoms with Crippen LogP contribution >= 0.6 is 0 Å². The molecular weight excluding hydrogens is 351 g/mol. The number of nitrogens with zero attached hydrogens (tertiary/aromatic N) is 1. The first-order chi connectivity index (χ1) is 12.5. The molecule has 0 heterocycles. The van der Waals surface area contributed by atoms with Crippen molar-refractivity contribution in [2.24, 2.45) is 0 Å². The molecule has 0 radical (unpaired) electrons. The molecule has 0 bridgehead atoms. The third kappa shape index (κ3) is 4.79. The summed E-state index contributed by atoms with van der Waals surface area (Å²) in [6.45, 7) is 10.5. The second kappa shape index (κ2) is 7.99. The number of hydrogen-bond donors (Lipinski definition) is 0. The minimum Gasteiger partial charge on any atom is -0.334 e. The number of rotatable bonds is 5. The van der Waals surface area contributed by atoms with Gasteiger partial charge < -0.3 is 4.90 Å². The summed E-state index contributed by atoms with van der Waals surface area (Å²) in [5.74, 6) is -0.444. The SMILES string of the molecule is C=C(/C=C(/C(=O)N(C(C)C)C(C)C)c1ccc2ccccc2c1)C(F)(F)F. The lowest BCUT2D eigenvalue weighted by atomic mass is 9.97. The third-order valence-corrected chi connectivity index (χ3v) is 4.32. The highest BCUT2D eigenvalue weighted by Crippen LogP contribution is 2.31. The van der Waals surface area contributed by atoms with Gasteiger partial charge in [0.2, 0.25) is 0 Å². The number of hydrogen-bond acceptors (Lipinski definition) is 1. The maximum absolute atomic E-state index is 13.2. The summed E-state index contributed by atoms with van der Waals surface area (Å²) in [6, 6.07) is 12.4. The molecule has 0 aliphatic heterocycles. The average Bonchev–Trinajstić information content (AvgIpc) is 2.57. The molecule has 0 spiro atoms. The molecule has 144 valence electrons. The van der Waals surface area contributed by atoms with E-state index in [4.69, 9.17) is 0 Å². The quantitative estimate of drug-likeness (QED) is 0.464. The summed E-state index contributed by atoms with van der Waals surface area (Å²) < 4.78 is 39.3. The first-order valence-corrected chi connectivity index (χ1v) is 8.82. The van der Waals surface area contributed by atoms with Crippen LogP contribution in [0.25, 0.3) is 16.3 Å². The molecule has 0 aromatic heterocycles. The van der Waals surface area contributed by atoms with Gasteiger partial charge in [-0.25, -0.2) is 0 Å². The maximum atomic E-state index is 13.2. The van der Waals surface area contributed by atoms with Crippen LogP contribution in [-0.4, -0.2) is 29.1 Å². The highest BCUT2D eigenvalue weighted by molar-refractivity contribution is 6.20. The molecule has 0 N–H and O–H groups in total. The fraction of sp³-hybridized carbons (Fsp3) is 0.318. The van der Waals surface area contributed by atoms with Crippen LogP contribution < -0.4 is 0 Å². The summed E-state index contributed by atoms with van der Waals surface area (Å²) in [5, 5.41) is 1.80. The monoisotopic (exact) mass is 375 g/mol. The van der Waals surface area contributed by atoms with E-state index < -0.39 is 17.7 Å². The summed E-state index contributed by atoms with van der Waals surface area (Å²) >= 11 is 0. The number of benzene rings is 2. The fourth-order valence-electron chi connectivity index (χ4n) is 3.09. The Kier molecular flexibility index (Phi) is 6.14. The zero-order chi connectivity index (χ0) is 20.4. The van der Waals surface area contributed by atoms with E-state index in [1.165, 1.54) is 0 Å². The first-order valence-electron chi connectivity index (χ1n) is 8.82. The van der Waals surface area contributed by atoms with Crippen molar-refractivity contribution in [3.8, 4) is 0 Å². The van der Waals surface area contributed by atoms with Gasteiger partial charge in [0.15, 0.2) is 0 Å². The molecule has 1 amide bonds. The molecule has 2 aromatic rings. The maximum Gasteiger partial charge on any atom is 0.415 e. The van der Waals surface area contributed by atoms with Gasteiger partial charge in [-0.2, -0.15) is 13.2 Å². The van der Waals surface area contributed by atoms with Crippen LogP contribution in [0.2, 0.25) is 0 Å². The van der Waals surface area contributed by atoms with Gasteiger partial charge >= 0.3 is 6.18 Å². The van der Waals surface area contributed by atoms with E-state index in [-0.39, 0.29) is 17.7 Å². The minimum absolute atomic E-state index is 0.00882. The molecule has 0 aliphatic carbocycles.